The topological polar surface area (TPSA) is 178 Å². The molecule has 9 heterocycles. The van der Waals surface area contributed by atoms with Gasteiger partial charge in [0.05, 0.1) is 66.6 Å². The van der Waals surface area contributed by atoms with Gasteiger partial charge in [-0.25, -0.2) is 9.97 Å². The van der Waals surface area contributed by atoms with E-state index < -0.39 is 0 Å². The van der Waals surface area contributed by atoms with Crippen molar-refractivity contribution in [3.8, 4) is 44.5 Å². The van der Waals surface area contributed by atoms with E-state index in [1.165, 1.54) is 25.1 Å². The quantitative estimate of drug-likeness (QED) is 0.173. The number of aromatic amines is 2. The molecule has 12 heteroatoms. The van der Waals surface area contributed by atoms with Crippen molar-refractivity contribution < 1.29 is 17.7 Å². The molecule has 4 aromatic carbocycles. The van der Waals surface area contributed by atoms with E-state index in [1.54, 1.807) is 146 Å². The number of hydrogen-bond acceptors (Lipinski definition) is 10. The summed E-state index contributed by atoms with van der Waals surface area (Å²) in [5, 5.41) is 1.46. The van der Waals surface area contributed by atoms with Crippen LogP contribution in [0.25, 0.3) is 135 Å². The molecule has 0 saturated carbocycles. The summed E-state index contributed by atoms with van der Waals surface area (Å²) >= 11 is 0. The number of hydrogen-bond donors (Lipinski definition) is 2. The third-order valence-corrected chi connectivity index (χ3v) is 12.6. The Morgan fingerprint density at radius 3 is 0.794 bits per heavy atom. The van der Waals surface area contributed by atoms with E-state index in [2.05, 4.69) is 9.97 Å². The van der Waals surface area contributed by atoms with Gasteiger partial charge in [0.15, 0.2) is 0 Å². The molecule has 2 aliphatic heterocycles. The molecule has 0 aliphatic carbocycles. The van der Waals surface area contributed by atoms with Gasteiger partial charge < -0.3 is 27.6 Å². The van der Waals surface area contributed by atoms with Crippen molar-refractivity contribution in [3.05, 3.63) is 210 Å². The van der Waals surface area contributed by atoms with Crippen molar-refractivity contribution in [1.29, 1.82) is 0 Å². The molecule has 11 aromatic rings. The molecular formula is C56H30N4O8. The van der Waals surface area contributed by atoms with Crippen LogP contribution < -0.4 is 21.7 Å². The van der Waals surface area contributed by atoms with Crippen molar-refractivity contribution in [3.63, 3.8) is 0 Å². The minimum atomic E-state index is -0.298. The maximum atomic E-state index is 14.6. The molecule has 2 aliphatic rings. The fourth-order valence-electron chi connectivity index (χ4n) is 9.34. The van der Waals surface area contributed by atoms with E-state index in [1.807, 2.05) is 0 Å². The number of H-pyrrole nitrogens is 2. The second-order valence-electron chi connectivity index (χ2n) is 16.4. The highest BCUT2D eigenvalue weighted by molar-refractivity contribution is 6.02. The number of nitrogens with one attached hydrogen (secondary N) is 2. The summed E-state index contributed by atoms with van der Waals surface area (Å²) in [7, 11) is 0. The van der Waals surface area contributed by atoms with Gasteiger partial charge in [0.25, 0.3) is 0 Å². The van der Waals surface area contributed by atoms with Gasteiger partial charge in [-0.05, 0) is 97.1 Å². The molecule has 13 rings (SSSR count). The molecule has 0 fully saturated rings. The van der Waals surface area contributed by atoms with Crippen LogP contribution in [-0.4, -0.2) is 19.9 Å². The lowest BCUT2D eigenvalue weighted by atomic mass is 10.0. The number of nitrogens with zero attached hydrogens (tertiary/aromatic N) is 2. The van der Waals surface area contributed by atoms with Crippen LogP contribution in [0.2, 0.25) is 0 Å². The second kappa shape index (κ2) is 14.9. The molecule has 8 bridgehead atoms. The van der Waals surface area contributed by atoms with Crippen LogP contribution in [0.5, 0.6) is 0 Å². The van der Waals surface area contributed by atoms with Crippen molar-refractivity contribution in [2.24, 2.45) is 0 Å². The summed E-state index contributed by atoms with van der Waals surface area (Å²) in [6, 6.07) is 35.2. The Kier molecular flexibility index (Phi) is 8.51. The molecule has 2 N–H and O–H groups in total. The number of rotatable bonds is 4. The Morgan fingerprint density at radius 2 is 0.544 bits per heavy atom. The third kappa shape index (κ3) is 5.94. The van der Waals surface area contributed by atoms with Crippen LogP contribution in [0.1, 0.15) is 22.8 Å². The van der Waals surface area contributed by atoms with Crippen molar-refractivity contribution in [1.82, 2.24) is 19.9 Å². The van der Waals surface area contributed by atoms with E-state index >= 15 is 0 Å². The zero-order valence-electron chi connectivity index (χ0n) is 35.3. The van der Waals surface area contributed by atoms with Crippen molar-refractivity contribution >= 4 is 90.2 Å². The molecule has 0 spiro atoms. The zero-order valence-corrected chi connectivity index (χ0v) is 35.3. The molecule has 0 atom stereocenters. The van der Waals surface area contributed by atoms with E-state index in [9.17, 15) is 19.2 Å². The maximum Gasteiger partial charge on any atom is 0.200 e. The average molecular weight is 887 g/mol. The highest BCUT2D eigenvalue weighted by Crippen LogP contribution is 2.38. The van der Waals surface area contributed by atoms with E-state index in [0.29, 0.717) is 111 Å². The SMILES string of the molecule is O=c1c(-c2c3nc(c(-c4coc5ccccc5c4=O)c4ccc([nH]4)c(-c4coc5ccccc5c4=O)c4nc(c(-c5coc6ccccc6c5=O)c5ccc2[nH]5)C=C4)C=C3)coc2ccccc12. The molecule has 12 nitrogen and oxygen atoms in total. The predicted molar refractivity (Wildman–Crippen MR) is 265 cm³/mol. The molecular weight excluding hydrogens is 857 g/mol. The Balaban J connectivity index is 1.23. The molecule has 322 valence electrons. The number of para-hydroxylation sites is 4. The van der Waals surface area contributed by atoms with Crippen molar-refractivity contribution in [2.75, 3.05) is 0 Å². The third-order valence-electron chi connectivity index (χ3n) is 12.6. The Labute approximate surface area is 381 Å². The van der Waals surface area contributed by atoms with Gasteiger partial charge >= 0.3 is 0 Å². The maximum absolute atomic E-state index is 14.6. The van der Waals surface area contributed by atoms with Crippen LogP contribution in [0.4, 0.5) is 0 Å². The van der Waals surface area contributed by atoms with Gasteiger partial charge in [0.1, 0.15) is 47.4 Å². The molecule has 7 aromatic heterocycles. The van der Waals surface area contributed by atoms with Crippen LogP contribution in [0.15, 0.2) is 183 Å². The highest BCUT2D eigenvalue weighted by atomic mass is 16.3. The summed E-state index contributed by atoms with van der Waals surface area (Å²) in [6.07, 6.45) is 12.8. The fourth-order valence-corrected chi connectivity index (χ4v) is 9.34. The Hall–Kier alpha value is -9.68. The Bertz CT molecular complexity index is 3940. The molecule has 0 radical (unpaired) electrons. The predicted octanol–water partition coefficient (Wildman–Crippen LogP) is 11.7. The number of fused-ring (bicyclic) bond motifs is 12. The Morgan fingerprint density at radius 1 is 0.309 bits per heavy atom. The van der Waals surface area contributed by atoms with Gasteiger partial charge in [0.2, 0.25) is 21.7 Å². The summed E-state index contributed by atoms with van der Waals surface area (Å²) in [5.41, 5.74) is 6.23. The molecule has 0 unspecified atom stereocenters. The fraction of sp³-hybridized carbons (Fsp3) is 0. The minimum Gasteiger partial charge on any atom is -0.463 e. The lowest BCUT2D eigenvalue weighted by Crippen LogP contribution is -2.07. The lowest BCUT2D eigenvalue weighted by Gasteiger charge is -2.07. The highest BCUT2D eigenvalue weighted by Gasteiger charge is 2.24. The zero-order chi connectivity index (χ0) is 45.6. The van der Waals surface area contributed by atoms with Crippen LogP contribution in [0, 0.1) is 0 Å². The summed E-state index contributed by atoms with van der Waals surface area (Å²) in [6.45, 7) is 0. The molecule has 0 amide bonds. The number of benzene rings is 4. The summed E-state index contributed by atoms with van der Waals surface area (Å²) in [5.74, 6) is 0. The van der Waals surface area contributed by atoms with Gasteiger partial charge in [0, 0.05) is 44.3 Å². The van der Waals surface area contributed by atoms with Gasteiger partial charge in [-0.3, -0.25) is 19.2 Å². The monoisotopic (exact) mass is 886 g/mol. The molecule has 68 heavy (non-hydrogen) atoms. The smallest absolute Gasteiger partial charge is 0.200 e. The first-order valence-corrected chi connectivity index (χ1v) is 21.6. The van der Waals surface area contributed by atoms with E-state index in [4.69, 9.17) is 27.6 Å². The molecule has 0 saturated heterocycles. The average Bonchev–Trinajstić information content (AvgIpc) is 4.23. The van der Waals surface area contributed by atoms with Crippen LogP contribution in [0.3, 0.4) is 0 Å². The second-order valence-corrected chi connectivity index (χ2v) is 16.4. The van der Waals surface area contributed by atoms with Crippen molar-refractivity contribution in [2.45, 2.75) is 0 Å². The first kappa shape index (κ1) is 38.8. The normalized spacial score (nSPS) is 12.2. The standard InChI is InChI=1S/C56H30N4O8/c61-53-29-9-1-5-13-45(29)65-25-33(53)49-37-17-19-39(57-37)50(34-26-66-46-14-6-2-10-30(46)54(34)62)41-21-23-43(59-41)52(36-28-68-48-16-8-4-12-32(48)56(36)64)44-24-22-42(60-44)51(40-20-18-38(49)58-40)35-27-67-47-15-7-3-11-31(47)55(35)63/h1-28,57,60H. The van der Waals surface area contributed by atoms with E-state index in [-0.39, 0.29) is 44.0 Å². The van der Waals surface area contributed by atoms with Crippen LogP contribution >= 0.6 is 0 Å². The van der Waals surface area contributed by atoms with Gasteiger partial charge in [-0.15, -0.1) is 0 Å². The van der Waals surface area contributed by atoms with Gasteiger partial charge in [-0.2, -0.15) is 0 Å². The summed E-state index contributed by atoms with van der Waals surface area (Å²) in [4.78, 5) is 75.6. The largest absolute Gasteiger partial charge is 0.463 e. The minimum absolute atomic E-state index is 0.214. The lowest BCUT2D eigenvalue weighted by molar-refractivity contribution is 0.604. The van der Waals surface area contributed by atoms with Gasteiger partial charge in [-0.1, -0.05) is 48.5 Å². The first-order chi connectivity index (χ1) is 33.4. The summed E-state index contributed by atoms with van der Waals surface area (Å²) < 4.78 is 24.4. The van der Waals surface area contributed by atoms with Crippen LogP contribution in [-0.2, 0) is 0 Å². The number of aromatic nitrogens is 4. The first-order valence-electron chi connectivity index (χ1n) is 21.6. The van der Waals surface area contributed by atoms with E-state index in [0.717, 1.165) is 0 Å².